The quantitative estimate of drug-likeness (QED) is 0.222. The summed E-state index contributed by atoms with van der Waals surface area (Å²) in [5.41, 5.74) is 2.00. The van der Waals surface area contributed by atoms with Gasteiger partial charge in [-0.25, -0.2) is 0 Å². The van der Waals surface area contributed by atoms with Gasteiger partial charge in [0.25, 0.3) is 11.7 Å². The second-order valence-corrected chi connectivity index (χ2v) is 10.1. The average Bonchev–Trinajstić information content (AvgIpc) is 3.24. The Labute approximate surface area is 239 Å². The van der Waals surface area contributed by atoms with Crippen LogP contribution in [0.3, 0.4) is 0 Å². The topological polar surface area (TPSA) is 97.8 Å². The maximum absolute atomic E-state index is 13.5. The van der Waals surface area contributed by atoms with Gasteiger partial charge in [-0.05, 0) is 62.5 Å². The lowest BCUT2D eigenvalue weighted by Gasteiger charge is -2.27. The van der Waals surface area contributed by atoms with Crippen molar-refractivity contribution in [1.29, 1.82) is 0 Å². The molecule has 1 fully saturated rings. The minimum Gasteiger partial charge on any atom is -0.507 e. The number of ether oxygens (including phenoxy) is 4. The molecule has 41 heavy (non-hydrogen) atoms. The number of benzene rings is 3. The highest BCUT2D eigenvalue weighted by Crippen LogP contribution is 2.43. The second kappa shape index (κ2) is 12.3. The number of likely N-dealkylation sites (tertiary alicyclic amines) is 1. The van der Waals surface area contributed by atoms with Gasteiger partial charge < -0.3 is 33.9 Å². The molecule has 0 bridgehead atoms. The fourth-order valence-corrected chi connectivity index (χ4v) is 4.93. The van der Waals surface area contributed by atoms with E-state index in [9.17, 15) is 14.7 Å². The van der Waals surface area contributed by atoms with E-state index in [1.54, 1.807) is 36.4 Å². The van der Waals surface area contributed by atoms with Crippen LogP contribution in [-0.4, -0.2) is 73.6 Å². The van der Waals surface area contributed by atoms with Crippen LogP contribution in [0.15, 0.2) is 72.3 Å². The molecule has 2 heterocycles. The third-order valence-electron chi connectivity index (χ3n) is 6.96. The first-order chi connectivity index (χ1) is 19.9. The summed E-state index contributed by atoms with van der Waals surface area (Å²) >= 11 is 0. The molecular formula is C32H34N2O7. The van der Waals surface area contributed by atoms with Crippen molar-refractivity contribution >= 4 is 17.4 Å². The van der Waals surface area contributed by atoms with Crippen LogP contribution in [0.25, 0.3) is 5.76 Å². The van der Waals surface area contributed by atoms with Crippen LogP contribution in [0.5, 0.6) is 23.0 Å². The predicted octanol–water partition coefficient (Wildman–Crippen LogP) is 4.42. The summed E-state index contributed by atoms with van der Waals surface area (Å²) < 4.78 is 23.3. The summed E-state index contributed by atoms with van der Waals surface area (Å²) in [5.74, 6) is 0.359. The maximum atomic E-state index is 13.5. The molecule has 1 amide bonds. The Balaban J connectivity index is 1.56. The fourth-order valence-electron chi connectivity index (χ4n) is 4.93. The third-order valence-corrected chi connectivity index (χ3v) is 6.96. The summed E-state index contributed by atoms with van der Waals surface area (Å²) in [6.45, 7) is 4.25. The first kappa shape index (κ1) is 28.0. The van der Waals surface area contributed by atoms with E-state index in [-0.39, 0.29) is 17.9 Å². The van der Waals surface area contributed by atoms with Crippen molar-refractivity contribution in [3.05, 3.63) is 89.0 Å². The molecule has 0 radical (unpaired) electrons. The summed E-state index contributed by atoms with van der Waals surface area (Å²) in [5, 5.41) is 11.5. The van der Waals surface area contributed by atoms with Crippen LogP contribution in [0.1, 0.15) is 29.7 Å². The van der Waals surface area contributed by atoms with Crippen LogP contribution in [0.4, 0.5) is 0 Å². The Morgan fingerprint density at radius 2 is 1.71 bits per heavy atom. The molecule has 0 aliphatic carbocycles. The smallest absolute Gasteiger partial charge is 0.295 e. The third kappa shape index (κ3) is 6.00. The lowest BCUT2D eigenvalue weighted by atomic mass is 9.94. The highest BCUT2D eigenvalue weighted by atomic mass is 16.6. The van der Waals surface area contributed by atoms with Gasteiger partial charge in [0.15, 0.2) is 23.0 Å². The number of fused-ring (bicyclic) bond motifs is 1. The number of rotatable bonds is 10. The van der Waals surface area contributed by atoms with Gasteiger partial charge in [-0.3, -0.25) is 9.59 Å². The minimum atomic E-state index is -0.828. The maximum Gasteiger partial charge on any atom is 0.295 e. The standard InChI is InChI=1S/C32H34N2O7/c1-4-38-26-18-22(10-12-25(26)41-20-21-8-6-5-7-9-21)29-28(31(36)32(37)34(29)15-14-33(2)3)30(35)23-11-13-24-27(19-23)40-17-16-39-24/h5-13,18-19,29,35H,4,14-17,20H2,1-3H3/b30-28+/t29-/m1/s1. The Morgan fingerprint density at radius 3 is 2.44 bits per heavy atom. The van der Waals surface area contributed by atoms with Crippen LogP contribution in [0, 0.1) is 0 Å². The van der Waals surface area contributed by atoms with Crippen LogP contribution >= 0.6 is 0 Å². The number of nitrogens with zero attached hydrogens (tertiary/aromatic N) is 2. The minimum absolute atomic E-state index is 0.00540. The van der Waals surface area contributed by atoms with Crippen molar-refractivity contribution < 1.29 is 33.6 Å². The van der Waals surface area contributed by atoms with Crippen molar-refractivity contribution in [2.45, 2.75) is 19.6 Å². The summed E-state index contributed by atoms with van der Waals surface area (Å²) in [6, 6.07) is 19.3. The average molecular weight is 559 g/mol. The predicted molar refractivity (Wildman–Crippen MR) is 153 cm³/mol. The molecule has 0 saturated carbocycles. The summed E-state index contributed by atoms with van der Waals surface area (Å²) in [4.78, 5) is 30.2. The number of likely N-dealkylation sites (N-methyl/N-ethyl adjacent to an activating group) is 1. The SMILES string of the molecule is CCOc1cc([C@@H]2/C(=C(\O)c3ccc4c(c3)OCCO4)C(=O)C(=O)N2CCN(C)C)ccc1OCc1ccccc1. The van der Waals surface area contributed by atoms with Crippen molar-refractivity contribution in [2.24, 2.45) is 0 Å². The molecule has 0 aromatic heterocycles. The number of hydrogen-bond acceptors (Lipinski definition) is 8. The van der Waals surface area contributed by atoms with E-state index in [1.807, 2.05) is 56.3 Å². The van der Waals surface area contributed by atoms with Gasteiger partial charge in [0.05, 0.1) is 18.2 Å². The molecule has 5 rings (SSSR count). The van der Waals surface area contributed by atoms with Gasteiger partial charge in [0, 0.05) is 18.7 Å². The first-order valence-corrected chi connectivity index (χ1v) is 13.6. The lowest BCUT2D eigenvalue weighted by molar-refractivity contribution is -0.140. The van der Waals surface area contributed by atoms with Crippen LogP contribution < -0.4 is 18.9 Å². The van der Waals surface area contributed by atoms with E-state index in [0.717, 1.165) is 5.56 Å². The summed E-state index contributed by atoms with van der Waals surface area (Å²) in [7, 11) is 3.79. The van der Waals surface area contributed by atoms with Gasteiger partial charge in [-0.1, -0.05) is 36.4 Å². The number of amides is 1. The van der Waals surface area contributed by atoms with Crippen molar-refractivity contribution in [2.75, 3.05) is 47.0 Å². The highest BCUT2D eigenvalue weighted by Gasteiger charge is 2.46. The van der Waals surface area contributed by atoms with Crippen LogP contribution in [-0.2, 0) is 16.2 Å². The first-order valence-electron chi connectivity index (χ1n) is 13.6. The second-order valence-electron chi connectivity index (χ2n) is 10.1. The highest BCUT2D eigenvalue weighted by molar-refractivity contribution is 6.46. The Kier molecular flexibility index (Phi) is 8.45. The Hall–Kier alpha value is -4.50. The lowest BCUT2D eigenvalue weighted by Crippen LogP contribution is -2.35. The van der Waals surface area contributed by atoms with Crippen molar-refractivity contribution in [3.8, 4) is 23.0 Å². The zero-order chi connectivity index (χ0) is 28.9. The van der Waals surface area contributed by atoms with Gasteiger partial charge in [-0.2, -0.15) is 0 Å². The van der Waals surface area contributed by atoms with Gasteiger partial charge >= 0.3 is 0 Å². The van der Waals surface area contributed by atoms with E-state index in [2.05, 4.69) is 0 Å². The number of carbonyl (C=O) groups is 2. The van der Waals surface area contributed by atoms with E-state index < -0.39 is 17.7 Å². The number of aliphatic hydroxyl groups excluding tert-OH is 1. The molecule has 0 unspecified atom stereocenters. The van der Waals surface area contributed by atoms with Gasteiger partial charge in [0.2, 0.25) is 0 Å². The molecule has 9 heteroatoms. The zero-order valence-corrected chi connectivity index (χ0v) is 23.5. The van der Waals surface area contributed by atoms with E-state index >= 15 is 0 Å². The molecule has 1 atom stereocenters. The van der Waals surface area contributed by atoms with Gasteiger partial charge in [-0.15, -0.1) is 0 Å². The molecule has 0 spiro atoms. The molecular weight excluding hydrogens is 524 g/mol. The van der Waals surface area contributed by atoms with Crippen molar-refractivity contribution in [3.63, 3.8) is 0 Å². The summed E-state index contributed by atoms with van der Waals surface area (Å²) in [6.07, 6.45) is 0. The molecule has 3 aromatic carbocycles. The van der Waals surface area contributed by atoms with E-state index in [0.29, 0.717) is 67.1 Å². The zero-order valence-electron chi connectivity index (χ0n) is 23.5. The number of ketones is 1. The molecule has 2 aliphatic heterocycles. The number of carbonyl (C=O) groups excluding carboxylic acids is 2. The molecule has 1 N–H and O–H groups in total. The Morgan fingerprint density at radius 1 is 0.951 bits per heavy atom. The van der Waals surface area contributed by atoms with Crippen molar-refractivity contribution in [1.82, 2.24) is 9.80 Å². The number of aliphatic hydroxyl groups is 1. The van der Waals surface area contributed by atoms with Gasteiger partial charge in [0.1, 0.15) is 25.6 Å². The molecule has 9 nitrogen and oxygen atoms in total. The number of hydrogen-bond donors (Lipinski definition) is 1. The van der Waals surface area contributed by atoms with E-state index in [4.69, 9.17) is 18.9 Å². The molecule has 214 valence electrons. The fraction of sp³-hybridized carbons (Fsp3) is 0.312. The molecule has 1 saturated heterocycles. The largest absolute Gasteiger partial charge is 0.507 e. The van der Waals surface area contributed by atoms with E-state index in [1.165, 1.54) is 4.90 Å². The monoisotopic (exact) mass is 558 g/mol. The number of Topliss-reactive ketones (excluding diaryl/α,β-unsaturated/α-hetero) is 1. The Bertz CT molecular complexity index is 1450. The van der Waals surface area contributed by atoms with Crippen LogP contribution in [0.2, 0.25) is 0 Å². The molecule has 2 aliphatic rings. The molecule has 3 aromatic rings. The normalized spacial score (nSPS) is 17.7.